The van der Waals surface area contributed by atoms with Crippen LogP contribution in [0.2, 0.25) is 0 Å². The number of aromatic nitrogens is 1. The fourth-order valence-corrected chi connectivity index (χ4v) is 5.62. The van der Waals surface area contributed by atoms with Crippen LogP contribution < -0.4 is 19.5 Å². The molecule has 2 bridgehead atoms. The molecule has 2 saturated heterocycles. The smallest absolute Gasteiger partial charge is 0.163 e. The molecular formula is C27H29N5O3. The molecule has 0 unspecified atom stereocenters. The molecule has 8 heteroatoms. The van der Waals surface area contributed by atoms with Gasteiger partial charge in [0.25, 0.3) is 0 Å². The van der Waals surface area contributed by atoms with Gasteiger partial charge in [-0.15, -0.1) is 0 Å². The zero-order valence-corrected chi connectivity index (χ0v) is 19.9. The summed E-state index contributed by atoms with van der Waals surface area (Å²) in [7, 11) is 1.66. The van der Waals surface area contributed by atoms with Crippen LogP contribution >= 0.6 is 0 Å². The third-order valence-corrected chi connectivity index (χ3v) is 7.45. The summed E-state index contributed by atoms with van der Waals surface area (Å²) in [6.45, 7) is 5.08. The van der Waals surface area contributed by atoms with Gasteiger partial charge in [-0.1, -0.05) is 0 Å². The molecule has 180 valence electrons. The minimum absolute atomic E-state index is 0.550. The van der Waals surface area contributed by atoms with Crippen LogP contribution in [0.25, 0.3) is 10.9 Å². The standard InChI is InChI=1S/C27H29N5O3/c1-33-22-3-4-25-24(12-22)23(18(13-28)14-29-25)6-7-31-15-21-11-20(31)16-32(21)17-30-19-2-5-26-27(10-19)35-9-8-34-26/h2-5,10,12,14,20-21,30H,6-9,11,15-17H2,1H3/t20-,21+/m1/s1. The normalized spacial score (nSPS) is 21.3. The molecule has 2 aromatic carbocycles. The van der Waals surface area contributed by atoms with Gasteiger partial charge in [0.1, 0.15) is 25.0 Å². The van der Waals surface area contributed by atoms with Gasteiger partial charge in [0.2, 0.25) is 0 Å². The van der Waals surface area contributed by atoms with E-state index in [-0.39, 0.29) is 0 Å². The zero-order valence-electron chi connectivity index (χ0n) is 19.9. The van der Waals surface area contributed by atoms with Crippen molar-refractivity contribution < 1.29 is 14.2 Å². The maximum absolute atomic E-state index is 9.69. The largest absolute Gasteiger partial charge is 0.497 e. The Morgan fingerprint density at radius 1 is 1.09 bits per heavy atom. The predicted octanol–water partition coefficient (Wildman–Crippen LogP) is 3.26. The first kappa shape index (κ1) is 22.0. The average molecular weight is 472 g/mol. The van der Waals surface area contributed by atoms with Crippen molar-refractivity contribution in [2.24, 2.45) is 0 Å². The number of likely N-dealkylation sites (tertiary alicyclic amines) is 2. The van der Waals surface area contributed by atoms with Gasteiger partial charge in [0.15, 0.2) is 11.5 Å². The number of benzene rings is 2. The lowest BCUT2D eigenvalue weighted by atomic mass is 10.0. The summed E-state index contributed by atoms with van der Waals surface area (Å²) in [6.07, 6.45) is 3.72. The van der Waals surface area contributed by atoms with Crippen molar-refractivity contribution in [1.29, 1.82) is 5.26 Å². The second-order valence-corrected chi connectivity index (χ2v) is 9.40. The Morgan fingerprint density at radius 2 is 1.91 bits per heavy atom. The third-order valence-electron chi connectivity index (χ3n) is 7.45. The molecule has 35 heavy (non-hydrogen) atoms. The first-order valence-corrected chi connectivity index (χ1v) is 12.2. The van der Waals surface area contributed by atoms with Gasteiger partial charge < -0.3 is 19.5 Å². The Hall–Kier alpha value is -3.54. The minimum Gasteiger partial charge on any atom is -0.497 e. The Morgan fingerprint density at radius 3 is 2.71 bits per heavy atom. The Labute approximate surface area is 205 Å². The van der Waals surface area contributed by atoms with Crippen LogP contribution in [0.15, 0.2) is 42.6 Å². The minimum atomic E-state index is 0.550. The van der Waals surface area contributed by atoms with Gasteiger partial charge in [0.05, 0.1) is 24.9 Å². The highest BCUT2D eigenvalue weighted by atomic mass is 16.6. The van der Waals surface area contributed by atoms with Gasteiger partial charge in [-0.25, -0.2) is 0 Å². The number of hydrogen-bond acceptors (Lipinski definition) is 8. The summed E-state index contributed by atoms with van der Waals surface area (Å²) in [5, 5.41) is 14.3. The number of methoxy groups -OCH3 is 1. The van der Waals surface area contributed by atoms with Gasteiger partial charge in [0, 0.05) is 55.1 Å². The number of pyridine rings is 1. The summed E-state index contributed by atoms with van der Waals surface area (Å²) in [5.41, 5.74) is 3.67. The first-order chi connectivity index (χ1) is 17.2. The van der Waals surface area contributed by atoms with Crippen LogP contribution in [0.3, 0.4) is 0 Å². The molecule has 0 radical (unpaired) electrons. The van der Waals surface area contributed by atoms with Crippen LogP contribution in [0.4, 0.5) is 5.69 Å². The van der Waals surface area contributed by atoms with Gasteiger partial charge in [-0.2, -0.15) is 5.26 Å². The van der Waals surface area contributed by atoms with Crippen LogP contribution in [-0.4, -0.2) is 73.5 Å². The molecule has 0 spiro atoms. The van der Waals surface area contributed by atoms with Crippen molar-refractivity contribution in [2.45, 2.75) is 24.9 Å². The van der Waals surface area contributed by atoms with E-state index in [1.807, 2.05) is 30.3 Å². The third kappa shape index (κ3) is 4.22. The fourth-order valence-electron chi connectivity index (χ4n) is 5.62. The maximum atomic E-state index is 9.69. The highest BCUT2D eigenvalue weighted by Gasteiger charge is 2.42. The Balaban J connectivity index is 1.08. The molecule has 4 heterocycles. The number of nitrogens with zero attached hydrogens (tertiary/aromatic N) is 4. The van der Waals surface area contributed by atoms with Crippen molar-refractivity contribution in [1.82, 2.24) is 14.8 Å². The number of nitriles is 1. The lowest BCUT2D eigenvalue weighted by Crippen LogP contribution is -2.48. The molecule has 0 amide bonds. The zero-order chi connectivity index (χ0) is 23.8. The highest BCUT2D eigenvalue weighted by Crippen LogP contribution is 2.34. The lowest BCUT2D eigenvalue weighted by molar-refractivity contribution is 0.136. The highest BCUT2D eigenvalue weighted by molar-refractivity contribution is 5.85. The lowest BCUT2D eigenvalue weighted by Gasteiger charge is -2.34. The fraction of sp³-hybridized carbons (Fsp3) is 0.407. The van der Waals surface area contributed by atoms with E-state index in [2.05, 4.69) is 32.2 Å². The van der Waals surface area contributed by atoms with Crippen molar-refractivity contribution >= 4 is 16.6 Å². The van der Waals surface area contributed by atoms with Crippen molar-refractivity contribution in [3.63, 3.8) is 0 Å². The number of ether oxygens (including phenoxy) is 3. The number of fused-ring (bicyclic) bond motifs is 4. The molecule has 1 N–H and O–H groups in total. The molecule has 6 rings (SSSR count). The monoisotopic (exact) mass is 471 g/mol. The van der Waals surface area contributed by atoms with Crippen molar-refractivity contribution in [3.8, 4) is 23.3 Å². The molecule has 1 aromatic heterocycles. The van der Waals surface area contributed by atoms with Crippen LogP contribution in [0, 0.1) is 11.3 Å². The molecule has 2 fully saturated rings. The summed E-state index contributed by atoms with van der Waals surface area (Å²) < 4.78 is 16.7. The molecule has 3 aliphatic heterocycles. The maximum Gasteiger partial charge on any atom is 0.163 e. The van der Waals surface area contributed by atoms with E-state index in [0.29, 0.717) is 30.9 Å². The van der Waals surface area contributed by atoms with Crippen molar-refractivity contribution in [3.05, 3.63) is 53.7 Å². The summed E-state index contributed by atoms with van der Waals surface area (Å²) in [4.78, 5) is 9.58. The molecule has 3 aliphatic rings. The molecular weight excluding hydrogens is 442 g/mol. The molecule has 8 nitrogen and oxygen atoms in total. The van der Waals surface area contributed by atoms with E-state index in [4.69, 9.17) is 14.2 Å². The second-order valence-electron chi connectivity index (χ2n) is 9.40. The number of nitrogens with one attached hydrogen (secondary N) is 1. The average Bonchev–Trinajstić information content (AvgIpc) is 3.50. The van der Waals surface area contributed by atoms with Gasteiger partial charge in [-0.05, 0) is 48.7 Å². The molecule has 0 saturated carbocycles. The molecule has 3 aromatic rings. The van der Waals surface area contributed by atoms with Crippen molar-refractivity contribution in [2.75, 3.05) is 51.9 Å². The van der Waals surface area contributed by atoms with Crippen LogP contribution in [-0.2, 0) is 6.42 Å². The van der Waals surface area contributed by atoms with E-state index in [1.165, 1.54) is 6.42 Å². The van der Waals surface area contributed by atoms with E-state index in [0.717, 1.165) is 72.1 Å². The quantitative estimate of drug-likeness (QED) is 0.562. The molecule has 0 aliphatic carbocycles. The summed E-state index contributed by atoms with van der Waals surface area (Å²) in [5.74, 6) is 2.42. The number of anilines is 1. The Bertz CT molecular complexity index is 1290. The number of hydrogen-bond donors (Lipinski definition) is 1. The van der Waals surface area contributed by atoms with E-state index in [9.17, 15) is 5.26 Å². The van der Waals surface area contributed by atoms with E-state index in [1.54, 1.807) is 13.3 Å². The second kappa shape index (κ2) is 9.25. The van der Waals surface area contributed by atoms with E-state index < -0.39 is 0 Å². The van der Waals surface area contributed by atoms with Crippen LogP contribution in [0.1, 0.15) is 17.5 Å². The summed E-state index contributed by atoms with van der Waals surface area (Å²) in [6, 6.07) is 15.4. The topological polar surface area (TPSA) is 82.9 Å². The SMILES string of the molecule is COc1ccc2ncc(C#N)c(CCN3C[C@@H]4C[C@@H]3CN4CNc3ccc4c(c3)OCCO4)c2c1. The summed E-state index contributed by atoms with van der Waals surface area (Å²) >= 11 is 0. The van der Waals surface area contributed by atoms with Gasteiger partial charge in [-0.3, -0.25) is 14.8 Å². The number of rotatable bonds is 7. The molecule has 2 atom stereocenters. The Kier molecular flexibility index (Phi) is 5.80. The van der Waals surface area contributed by atoms with E-state index >= 15 is 0 Å². The predicted molar refractivity (Wildman–Crippen MR) is 133 cm³/mol. The number of piperazine rings is 1. The van der Waals surface area contributed by atoms with Gasteiger partial charge >= 0.3 is 0 Å². The van der Waals surface area contributed by atoms with Crippen LogP contribution in [0.5, 0.6) is 17.2 Å². The first-order valence-electron chi connectivity index (χ1n) is 12.2.